The predicted molar refractivity (Wildman–Crippen MR) is 96.7 cm³/mol. The molecule has 0 radical (unpaired) electrons. The van der Waals surface area contributed by atoms with Crippen LogP contribution in [-0.2, 0) is 0 Å². The summed E-state index contributed by atoms with van der Waals surface area (Å²) >= 11 is 0. The molecule has 0 saturated carbocycles. The van der Waals surface area contributed by atoms with Gasteiger partial charge >= 0.3 is 0 Å². The first-order valence-electron chi connectivity index (χ1n) is 7.77. The fourth-order valence-electron chi connectivity index (χ4n) is 3.10. The Morgan fingerprint density at radius 2 is 1.79 bits per heavy atom. The number of H-pyrrole nitrogens is 1. The van der Waals surface area contributed by atoms with Crippen molar-refractivity contribution in [2.75, 3.05) is 38.8 Å². The number of benzene rings is 1. The summed E-state index contributed by atoms with van der Waals surface area (Å²) in [4.78, 5) is 14.3. The van der Waals surface area contributed by atoms with Crippen LogP contribution in [0.3, 0.4) is 0 Å². The summed E-state index contributed by atoms with van der Waals surface area (Å²) in [6, 6.07) is 3.52. The van der Waals surface area contributed by atoms with Crippen LogP contribution in [0.25, 0.3) is 10.8 Å². The second-order valence-electron chi connectivity index (χ2n) is 5.80. The van der Waals surface area contributed by atoms with Crippen LogP contribution in [0.4, 0.5) is 5.82 Å². The molecule has 1 aromatic heterocycles. The standard InChI is InChI=1S/C16H22N4O3.ClH/c1-22-13-7-11-12(8-14(13)23-2)16(21)19-18-15(11)20-5-3-10(9-17)4-6-20;/h7-8,10H,3-6,9,17H2,1-2H3,(H,19,21);1H. The number of nitrogens with zero attached hydrogens (tertiary/aromatic N) is 2. The summed E-state index contributed by atoms with van der Waals surface area (Å²) < 4.78 is 10.6. The van der Waals surface area contributed by atoms with Crippen molar-refractivity contribution in [1.82, 2.24) is 10.2 Å². The number of hydrogen-bond donors (Lipinski definition) is 2. The van der Waals surface area contributed by atoms with Crippen molar-refractivity contribution < 1.29 is 9.47 Å². The molecule has 2 aromatic rings. The van der Waals surface area contributed by atoms with E-state index in [1.54, 1.807) is 20.3 Å². The van der Waals surface area contributed by atoms with E-state index in [9.17, 15) is 4.79 Å². The van der Waals surface area contributed by atoms with Gasteiger partial charge in [0.05, 0.1) is 19.6 Å². The van der Waals surface area contributed by atoms with Gasteiger partial charge in [-0.3, -0.25) is 4.79 Å². The third-order valence-corrected chi connectivity index (χ3v) is 4.52. The molecule has 0 bridgehead atoms. The molecule has 0 amide bonds. The minimum absolute atomic E-state index is 0. The summed E-state index contributed by atoms with van der Waals surface area (Å²) in [7, 11) is 3.13. The lowest BCUT2D eigenvalue weighted by Gasteiger charge is -2.32. The van der Waals surface area contributed by atoms with Gasteiger partial charge in [0.1, 0.15) is 0 Å². The quantitative estimate of drug-likeness (QED) is 0.865. The van der Waals surface area contributed by atoms with Crippen LogP contribution in [0.2, 0.25) is 0 Å². The van der Waals surface area contributed by atoms with Gasteiger partial charge < -0.3 is 20.1 Å². The highest BCUT2D eigenvalue weighted by atomic mass is 35.5. The van der Waals surface area contributed by atoms with Crippen molar-refractivity contribution in [1.29, 1.82) is 0 Å². The van der Waals surface area contributed by atoms with Gasteiger partial charge in [-0.15, -0.1) is 12.4 Å². The molecular formula is C16H23ClN4O3. The molecule has 1 fully saturated rings. The number of nitrogens with two attached hydrogens (primary N) is 1. The van der Waals surface area contributed by atoms with Gasteiger partial charge in [0.15, 0.2) is 17.3 Å². The fraction of sp³-hybridized carbons (Fsp3) is 0.500. The number of hydrogen-bond acceptors (Lipinski definition) is 6. The number of aromatic amines is 1. The maximum Gasteiger partial charge on any atom is 0.272 e. The zero-order valence-corrected chi connectivity index (χ0v) is 14.7. The Kier molecular flexibility index (Phi) is 5.90. The monoisotopic (exact) mass is 354 g/mol. The van der Waals surface area contributed by atoms with Crippen LogP contribution < -0.4 is 25.7 Å². The average Bonchev–Trinajstić information content (AvgIpc) is 2.61. The molecule has 24 heavy (non-hydrogen) atoms. The van der Waals surface area contributed by atoms with E-state index in [0.29, 0.717) is 22.8 Å². The SMILES string of the molecule is COc1cc2c(N3CCC(CN)CC3)n[nH]c(=O)c2cc1OC.Cl. The molecule has 3 N–H and O–H groups in total. The zero-order valence-electron chi connectivity index (χ0n) is 13.9. The first-order chi connectivity index (χ1) is 11.2. The normalized spacial score (nSPS) is 15.2. The van der Waals surface area contributed by atoms with Gasteiger partial charge in [-0.05, 0) is 37.4 Å². The van der Waals surface area contributed by atoms with Crippen molar-refractivity contribution in [2.45, 2.75) is 12.8 Å². The number of piperidine rings is 1. The molecule has 132 valence electrons. The number of rotatable bonds is 4. The average molecular weight is 355 g/mol. The molecule has 7 nitrogen and oxygen atoms in total. The van der Waals surface area contributed by atoms with Gasteiger partial charge in [-0.25, -0.2) is 5.10 Å². The van der Waals surface area contributed by atoms with Crippen LogP contribution >= 0.6 is 12.4 Å². The second-order valence-corrected chi connectivity index (χ2v) is 5.80. The Labute approximate surface area is 146 Å². The Bertz CT molecular complexity index is 757. The van der Waals surface area contributed by atoms with Gasteiger partial charge in [-0.1, -0.05) is 0 Å². The Morgan fingerprint density at radius 1 is 1.21 bits per heavy atom. The maximum absolute atomic E-state index is 12.1. The molecule has 1 aliphatic heterocycles. The molecule has 0 spiro atoms. The molecular weight excluding hydrogens is 332 g/mol. The number of halogens is 1. The first-order valence-corrected chi connectivity index (χ1v) is 7.77. The topological polar surface area (TPSA) is 93.5 Å². The van der Waals surface area contributed by atoms with E-state index in [-0.39, 0.29) is 18.0 Å². The largest absolute Gasteiger partial charge is 0.493 e. The predicted octanol–water partition coefficient (Wildman–Crippen LogP) is 1.54. The molecule has 0 atom stereocenters. The minimum Gasteiger partial charge on any atom is -0.493 e. The van der Waals surface area contributed by atoms with Crippen molar-refractivity contribution >= 4 is 29.0 Å². The van der Waals surface area contributed by atoms with Gasteiger partial charge in [0.2, 0.25) is 0 Å². The van der Waals surface area contributed by atoms with Crippen LogP contribution in [0.1, 0.15) is 12.8 Å². The van der Waals surface area contributed by atoms with E-state index in [2.05, 4.69) is 15.1 Å². The summed E-state index contributed by atoms with van der Waals surface area (Å²) in [5, 5.41) is 8.18. The van der Waals surface area contributed by atoms with E-state index in [0.717, 1.165) is 43.7 Å². The number of methoxy groups -OCH3 is 2. The van der Waals surface area contributed by atoms with E-state index < -0.39 is 0 Å². The lowest BCUT2D eigenvalue weighted by molar-refractivity contribution is 0.356. The molecule has 3 rings (SSSR count). The maximum atomic E-state index is 12.1. The number of aromatic nitrogens is 2. The van der Waals surface area contributed by atoms with Crippen LogP contribution in [0.15, 0.2) is 16.9 Å². The highest BCUT2D eigenvalue weighted by Gasteiger charge is 2.22. The summed E-state index contributed by atoms with van der Waals surface area (Å²) in [5.41, 5.74) is 5.52. The molecule has 1 aliphatic rings. The lowest BCUT2D eigenvalue weighted by Crippen LogP contribution is -2.37. The number of fused-ring (bicyclic) bond motifs is 1. The van der Waals surface area contributed by atoms with Crippen molar-refractivity contribution in [3.8, 4) is 11.5 Å². The summed E-state index contributed by atoms with van der Waals surface area (Å²) in [6.45, 7) is 2.48. The van der Waals surface area contributed by atoms with Gasteiger partial charge in [0.25, 0.3) is 5.56 Å². The van der Waals surface area contributed by atoms with Gasteiger partial charge in [-0.2, -0.15) is 5.10 Å². The number of anilines is 1. The third kappa shape index (κ3) is 3.27. The molecule has 8 heteroatoms. The van der Waals surface area contributed by atoms with Crippen LogP contribution in [0, 0.1) is 5.92 Å². The third-order valence-electron chi connectivity index (χ3n) is 4.52. The molecule has 0 aliphatic carbocycles. The first kappa shape index (κ1) is 18.4. The molecule has 2 heterocycles. The number of nitrogens with one attached hydrogen (secondary N) is 1. The number of ether oxygens (including phenoxy) is 2. The molecule has 1 aromatic carbocycles. The highest BCUT2D eigenvalue weighted by molar-refractivity contribution is 5.94. The fourth-order valence-corrected chi connectivity index (χ4v) is 3.10. The summed E-state index contributed by atoms with van der Waals surface area (Å²) in [6.07, 6.45) is 2.07. The smallest absolute Gasteiger partial charge is 0.272 e. The Hall–Kier alpha value is -1.99. The van der Waals surface area contributed by atoms with E-state index >= 15 is 0 Å². The van der Waals surface area contributed by atoms with Gasteiger partial charge in [0, 0.05) is 18.5 Å². The summed E-state index contributed by atoms with van der Waals surface area (Å²) in [5.74, 6) is 2.46. The van der Waals surface area contributed by atoms with E-state index in [4.69, 9.17) is 15.2 Å². The lowest BCUT2D eigenvalue weighted by atomic mass is 9.97. The highest BCUT2D eigenvalue weighted by Crippen LogP contribution is 2.34. The van der Waals surface area contributed by atoms with Crippen molar-refractivity contribution in [3.05, 3.63) is 22.5 Å². The van der Waals surface area contributed by atoms with E-state index in [1.165, 1.54) is 0 Å². The Balaban J connectivity index is 0.00000208. The van der Waals surface area contributed by atoms with Crippen molar-refractivity contribution in [3.63, 3.8) is 0 Å². The Morgan fingerprint density at radius 3 is 2.33 bits per heavy atom. The molecule has 1 saturated heterocycles. The van der Waals surface area contributed by atoms with Crippen LogP contribution in [0.5, 0.6) is 11.5 Å². The van der Waals surface area contributed by atoms with Crippen molar-refractivity contribution in [2.24, 2.45) is 11.7 Å². The van der Waals surface area contributed by atoms with Crippen LogP contribution in [-0.4, -0.2) is 44.1 Å². The minimum atomic E-state index is -0.235. The second kappa shape index (κ2) is 7.72. The molecule has 0 unspecified atom stereocenters. The zero-order chi connectivity index (χ0) is 16.4. The van der Waals surface area contributed by atoms with E-state index in [1.807, 2.05) is 6.07 Å².